The minimum Gasteiger partial charge on any atom is -0.481 e. The summed E-state index contributed by atoms with van der Waals surface area (Å²) in [6.45, 7) is 4.15. The lowest BCUT2D eigenvalue weighted by atomic mass is 10.1. The molecule has 2 rings (SSSR count). The Balaban J connectivity index is 0.000000280. The van der Waals surface area contributed by atoms with E-state index in [4.69, 9.17) is 9.90 Å². The van der Waals surface area contributed by atoms with Crippen LogP contribution in [0.3, 0.4) is 0 Å². The molecule has 1 aliphatic heterocycles. The van der Waals surface area contributed by atoms with Crippen molar-refractivity contribution in [2.45, 2.75) is 13.0 Å². The lowest BCUT2D eigenvalue weighted by molar-refractivity contribution is -0.134. The van der Waals surface area contributed by atoms with E-state index in [1.54, 1.807) is 0 Å². The maximum Gasteiger partial charge on any atom is 0.300 e. The molecule has 0 aromatic heterocycles. The molecule has 0 bridgehead atoms. The normalized spacial score (nSPS) is 15.9. The summed E-state index contributed by atoms with van der Waals surface area (Å²) >= 11 is 0. The van der Waals surface area contributed by atoms with Crippen LogP contribution in [0.4, 0.5) is 0 Å². The van der Waals surface area contributed by atoms with Gasteiger partial charge in [0.05, 0.1) is 6.10 Å². The van der Waals surface area contributed by atoms with Crippen LogP contribution in [0, 0.1) is 0 Å². The molecule has 4 nitrogen and oxygen atoms in total. The van der Waals surface area contributed by atoms with Gasteiger partial charge in [-0.05, 0) is 5.56 Å². The molecule has 1 aromatic carbocycles. The number of aliphatic carboxylic acids is 1. The first-order chi connectivity index (χ1) is 7.59. The molecule has 1 saturated heterocycles. The van der Waals surface area contributed by atoms with Crippen LogP contribution in [0.1, 0.15) is 18.6 Å². The van der Waals surface area contributed by atoms with Gasteiger partial charge in [-0.3, -0.25) is 9.69 Å². The molecule has 88 valence electrons. The number of benzene rings is 1. The SMILES string of the molecule is CC(=O)O.OC(CN1CC1)c1ccccc1. The molecule has 1 heterocycles. The van der Waals surface area contributed by atoms with E-state index in [2.05, 4.69) is 4.90 Å². The smallest absolute Gasteiger partial charge is 0.300 e. The Morgan fingerprint density at radius 1 is 1.38 bits per heavy atom. The largest absolute Gasteiger partial charge is 0.481 e. The molecule has 0 amide bonds. The number of aliphatic hydroxyl groups excluding tert-OH is 1. The summed E-state index contributed by atoms with van der Waals surface area (Å²) in [5, 5.41) is 17.1. The fraction of sp³-hybridized carbons (Fsp3) is 0.417. The summed E-state index contributed by atoms with van der Waals surface area (Å²) in [4.78, 5) is 11.2. The molecule has 16 heavy (non-hydrogen) atoms. The van der Waals surface area contributed by atoms with Gasteiger partial charge in [0.1, 0.15) is 0 Å². The fourth-order valence-corrected chi connectivity index (χ4v) is 1.28. The molecule has 1 aromatic rings. The van der Waals surface area contributed by atoms with E-state index >= 15 is 0 Å². The van der Waals surface area contributed by atoms with Gasteiger partial charge in [0.2, 0.25) is 0 Å². The highest BCUT2D eigenvalue weighted by Crippen LogP contribution is 2.16. The van der Waals surface area contributed by atoms with Crippen molar-refractivity contribution in [1.29, 1.82) is 0 Å². The molecular weight excluding hydrogens is 206 g/mol. The Hall–Kier alpha value is -1.39. The monoisotopic (exact) mass is 223 g/mol. The molecule has 4 heteroatoms. The third-order valence-electron chi connectivity index (χ3n) is 2.16. The van der Waals surface area contributed by atoms with Crippen LogP contribution < -0.4 is 0 Å². The molecule has 1 atom stereocenters. The average molecular weight is 223 g/mol. The topological polar surface area (TPSA) is 60.5 Å². The summed E-state index contributed by atoms with van der Waals surface area (Å²) < 4.78 is 0. The van der Waals surface area contributed by atoms with Gasteiger partial charge in [-0.1, -0.05) is 30.3 Å². The standard InChI is InChI=1S/C10H13NO.C2H4O2/c12-10(8-11-6-7-11)9-4-2-1-3-5-9;1-2(3)4/h1-5,10,12H,6-8H2;1H3,(H,3,4). The summed E-state index contributed by atoms with van der Waals surface area (Å²) in [6, 6.07) is 9.82. The Morgan fingerprint density at radius 3 is 2.31 bits per heavy atom. The van der Waals surface area contributed by atoms with Crippen LogP contribution in [0.25, 0.3) is 0 Å². The zero-order valence-corrected chi connectivity index (χ0v) is 9.34. The summed E-state index contributed by atoms with van der Waals surface area (Å²) in [5.41, 5.74) is 1.02. The minimum atomic E-state index is -0.833. The van der Waals surface area contributed by atoms with Gasteiger partial charge < -0.3 is 10.2 Å². The molecule has 0 radical (unpaired) electrons. The van der Waals surface area contributed by atoms with E-state index < -0.39 is 5.97 Å². The third-order valence-corrected chi connectivity index (χ3v) is 2.16. The van der Waals surface area contributed by atoms with E-state index in [1.165, 1.54) is 0 Å². The second kappa shape index (κ2) is 6.25. The van der Waals surface area contributed by atoms with Crippen LogP contribution in [-0.4, -0.2) is 40.7 Å². The zero-order valence-electron chi connectivity index (χ0n) is 9.34. The first-order valence-electron chi connectivity index (χ1n) is 5.24. The Kier molecular flexibility index (Phi) is 4.95. The van der Waals surface area contributed by atoms with Crippen LogP contribution in [0.15, 0.2) is 30.3 Å². The van der Waals surface area contributed by atoms with Crippen LogP contribution in [0.5, 0.6) is 0 Å². The highest BCUT2D eigenvalue weighted by molar-refractivity contribution is 5.62. The van der Waals surface area contributed by atoms with Crippen molar-refractivity contribution in [3.8, 4) is 0 Å². The maximum atomic E-state index is 9.69. The molecule has 1 fully saturated rings. The minimum absolute atomic E-state index is 0.311. The van der Waals surface area contributed by atoms with Crippen molar-refractivity contribution in [2.75, 3.05) is 19.6 Å². The molecule has 0 spiro atoms. The number of hydrogen-bond acceptors (Lipinski definition) is 3. The molecule has 1 unspecified atom stereocenters. The first-order valence-corrected chi connectivity index (χ1v) is 5.24. The second-order valence-electron chi connectivity index (χ2n) is 3.75. The lowest BCUT2D eigenvalue weighted by Crippen LogP contribution is -2.10. The molecule has 0 saturated carbocycles. The van der Waals surface area contributed by atoms with Gasteiger partial charge in [-0.15, -0.1) is 0 Å². The van der Waals surface area contributed by atoms with Crippen LogP contribution in [-0.2, 0) is 4.79 Å². The predicted molar refractivity (Wildman–Crippen MR) is 61.2 cm³/mol. The maximum absolute atomic E-state index is 9.69. The highest BCUT2D eigenvalue weighted by Gasteiger charge is 2.21. The number of nitrogens with zero attached hydrogens (tertiary/aromatic N) is 1. The van der Waals surface area contributed by atoms with Gasteiger partial charge >= 0.3 is 0 Å². The number of carbonyl (C=O) groups is 1. The quantitative estimate of drug-likeness (QED) is 0.754. The Labute approximate surface area is 95.1 Å². The first kappa shape index (κ1) is 12.7. The third kappa shape index (κ3) is 5.48. The van der Waals surface area contributed by atoms with Gasteiger partial charge in [0, 0.05) is 26.6 Å². The van der Waals surface area contributed by atoms with Crippen molar-refractivity contribution in [3.05, 3.63) is 35.9 Å². The Morgan fingerprint density at radius 2 is 1.88 bits per heavy atom. The average Bonchev–Trinajstić information content (AvgIpc) is 3.02. The number of carboxylic acids is 1. The van der Waals surface area contributed by atoms with Crippen molar-refractivity contribution in [2.24, 2.45) is 0 Å². The highest BCUT2D eigenvalue weighted by atomic mass is 16.4. The number of hydrogen-bond donors (Lipinski definition) is 2. The van der Waals surface area contributed by atoms with Gasteiger partial charge in [0.25, 0.3) is 5.97 Å². The molecule has 0 aliphatic carbocycles. The number of rotatable bonds is 3. The van der Waals surface area contributed by atoms with E-state index in [9.17, 15) is 5.11 Å². The molecule has 1 aliphatic rings. The summed E-state index contributed by atoms with van der Waals surface area (Å²) in [6.07, 6.45) is -0.311. The van der Waals surface area contributed by atoms with Crippen molar-refractivity contribution < 1.29 is 15.0 Å². The lowest BCUT2D eigenvalue weighted by Gasteiger charge is -2.10. The van der Waals surface area contributed by atoms with E-state index in [0.29, 0.717) is 0 Å². The van der Waals surface area contributed by atoms with Gasteiger partial charge in [-0.25, -0.2) is 0 Å². The van der Waals surface area contributed by atoms with Crippen LogP contribution in [0.2, 0.25) is 0 Å². The van der Waals surface area contributed by atoms with Crippen molar-refractivity contribution >= 4 is 5.97 Å². The van der Waals surface area contributed by atoms with Crippen molar-refractivity contribution in [3.63, 3.8) is 0 Å². The van der Waals surface area contributed by atoms with E-state index in [-0.39, 0.29) is 6.10 Å². The predicted octanol–water partition coefficient (Wildman–Crippen LogP) is 1.13. The number of carboxylic acid groups (broad SMARTS) is 1. The van der Waals surface area contributed by atoms with E-state index in [1.807, 2.05) is 30.3 Å². The van der Waals surface area contributed by atoms with Crippen LogP contribution >= 0.6 is 0 Å². The summed E-state index contributed by atoms with van der Waals surface area (Å²) in [7, 11) is 0. The molecule has 2 N–H and O–H groups in total. The second-order valence-corrected chi connectivity index (χ2v) is 3.75. The van der Waals surface area contributed by atoms with E-state index in [0.717, 1.165) is 32.1 Å². The Bertz CT molecular complexity index is 318. The zero-order chi connectivity index (χ0) is 12.0. The van der Waals surface area contributed by atoms with Gasteiger partial charge in [0.15, 0.2) is 0 Å². The fourth-order valence-electron chi connectivity index (χ4n) is 1.28. The molecular formula is C12H17NO3. The summed E-state index contributed by atoms with van der Waals surface area (Å²) in [5.74, 6) is -0.833. The van der Waals surface area contributed by atoms with Crippen molar-refractivity contribution in [1.82, 2.24) is 4.90 Å². The van der Waals surface area contributed by atoms with Gasteiger partial charge in [-0.2, -0.15) is 0 Å². The number of β-amino-alcohol motifs (C(OH)–C–C–N with tert-alkyl or cyclic N) is 1. The number of aliphatic hydroxyl groups is 1.